The van der Waals surface area contributed by atoms with Crippen LogP contribution in [0, 0.1) is 12.8 Å². The van der Waals surface area contributed by atoms with Crippen molar-refractivity contribution in [1.29, 1.82) is 0 Å². The smallest absolute Gasteiger partial charge is 0.269 e. The molecule has 3 aromatic rings. The molecule has 10 heteroatoms. The third-order valence-electron chi connectivity index (χ3n) is 6.17. The van der Waals surface area contributed by atoms with Gasteiger partial charge < -0.3 is 15.0 Å². The number of aromatic nitrogens is 2. The third kappa shape index (κ3) is 4.79. The van der Waals surface area contributed by atoms with Crippen molar-refractivity contribution >= 4 is 21.7 Å². The molecule has 1 atom stereocenters. The largest absolute Gasteiger partial charge is 0.507 e. The minimum Gasteiger partial charge on any atom is -0.507 e. The molecule has 0 bridgehead atoms. The maximum absolute atomic E-state index is 13.3. The van der Waals surface area contributed by atoms with Crippen molar-refractivity contribution in [3.05, 3.63) is 70.1 Å². The maximum Gasteiger partial charge on any atom is 0.269 e. The zero-order valence-corrected chi connectivity index (χ0v) is 20.8. The fourth-order valence-corrected chi connectivity index (χ4v) is 5.67. The van der Waals surface area contributed by atoms with E-state index in [0.29, 0.717) is 29.5 Å². The second kappa shape index (κ2) is 8.84. The number of amides is 1. The maximum atomic E-state index is 13.3. The van der Waals surface area contributed by atoms with E-state index in [1.807, 2.05) is 30.4 Å². The van der Waals surface area contributed by atoms with Crippen LogP contribution < -0.4 is 15.2 Å². The van der Waals surface area contributed by atoms with Crippen LogP contribution in [0.3, 0.4) is 0 Å². The van der Waals surface area contributed by atoms with Gasteiger partial charge >= 0.3 is 0 Å². The third-order valence-corrected chi connectivity index (χ3v) is 7.53. The fourth-order valence-electron chi connectivity index (χ4n) is 4.65. The van der Waals surface area contributed by atoms with E-state index in [4.69, 9.17) is 4.98 Å². The number of H-pyrrole nitrogens is 1. The molecule has 1 amide bonds. The number of pyridine rings is 2. The normalized spacial score (nSPS) is 17.4. The number of sulfonamides is 1. The zero-order chi connectivity index (χ0) is 25.5. The first-order valence-electron chi connectivity index (χ1n) is 11.2. The fraction of sp³-hybridized carbons (Fsp3) is 0.320. The second-order valence-corrected chi connectivity index (χ2v) is 11.3. The molecular weight excluding hydrogens is 468 g/mol. The Hall–Kier alpha value is -3.66. The summed E-state index contributed by atoms with van der Waals surface area (Å²) in [7, 11) is -4.42. The molecule has 2 aromatic heterocycles. The van der Waals surface area contributed by atoms with E-state index < -0.39 is 26.4 Å². The lowest BCUT2D eigenvalue weighted by Crippen LogP contribution is -2.41. The van der Waals surface area contributed by atoms with Gasteiger partial charge in [0.1, 0.15) is 11.6 Å². The van der Waals surface area contributed by atoms with Crippen LogP contribution in [-0.4, -0.2) is 41.5 Å². The summed E-state index contributed by atoms with van der Waals surface area (Å²) in [6.45, 7) is 8.69. The van der Waals surface area contributed by atoms with Crippen molar-refractivity contribution in [3.8, 4) is 17.0 Å². The molecule has 0 saturated carbocycles. The Bertz CT molecular complexity index is 1460. The van der Waals surface area contributed by atoms with Gasteiger partial charge in [0.15, 0.2) is 4.90 Å². The minimum absolute atomic E-state index is 0.0474. The molecule has 1 aliphatic heterocycles. The summed E-state index contributed by atoms with van der Waals surface area (Å²) in [5.74, 6) is -0.213. The number of carbonyl (C=O) groups is 1. The number of phenols is 1. The van der Waals surface area contributed by atoms with Crippen LogP contribution in [-0.2, 0) is 10.0 Å². The van der Waals surface area contributed by atoms with Crippen LogP contribution in [0.25, 0.3) is 11.3 Å². The number of anilines is 1. The van der Waals surface area contributed by atoms with Gasteiger partial charge in [0.05, 0.1) is 11.3 Å². The number of hydrogen-bond donors (Lipinski definition) is 3. The molecule has 3 heterocycles. The van der Waals surface area contributed by atoms with Crippen LogP contribution in [0.1, 0.15) is 43.1 Å². The molecule has 0 aliphatic carbocycles. The predicted octanol–water partition coefficient (Wildman–Crippen LogP) is 3.19. The molecule has 1 aromatic carbocycles. The first-order chi connectivity index (χ1) is 16.4. The Morgan fingerprint density at radius 2 is 1.97 bits per heavy atom. The number of aromatic amines is 1. The topological polar surface area (TPSA) is 132 Å². The summed E-state index contributed by atoms with van der Waals surface area (Å²) in [4.78, 5) is 33.7. The summed E-state index contributed by atoms with van der Waals surface area (Å²) in [6, 6.07) is 10.7. The van der Waals surface area contributed by atoms with Crippen LogP contribution in [0.4, 0.5) is 5.82 Å². The van der Waals surface area contributed by atoms with E-state index in [1.54, 1.807) is 24.3 Å². The van der Waals surface area contributed by atoms with Gasteiger partial charge in [0.25, 0.3) is 21.5 Å². The molecule has 0 spiro atoms. The zero-order valence-electron chi connectivity index (χ0n) is 20.0. The van der Waals surface area contributed by atoms with Crippen molar-refractivity contribution in [2.24, 2.45) is 5.92 Å². The van der Waals surface area contributed by atoms with Crippen LogP contribution >= 0.6 is 0 Å². The van der Waals surface area contributed by atoms with Crippen molar-refractivity contribution < 1.29 is 18.3 Å². The highest BCUT2D eigenvalue weighted by molar-refractivity contribution is 7.90. The molecule has 35 heavy (non-hydrogen) atoms. The summed E-state index contributed by atoms with van der Waals surface area (Å²) in [5.41, 5.74) is 0.772. The highest BCUT2D eigenvalue weighted by atomic mass is 32.2. The Morgan fingerprint density at radius 1 is 1.23 bits per heavy atom. The van der Waals surface area contributed by atoms with Gasteiger partial charge in [-0.25, -0.2) is 18.1 Å². The SMILES string of the molecule is Cc1ccc(O)c(-c2ccc(C(=O)NS(=O)(=O)c3ccc[nH]c3=O)c(N3C[C@@H](C)CC3(C)C)n2)c1. The van der Waals surface area contributed by atoms with Gasteiger partial charge in [-0.2, -0.15) is 0 Å². The molecule has 184 valence electrons. The molecule has 4 rings (SSSR count). The average Bonchev–Trinajstić information content (AvgIpc) is 3.06. The summed E-state index contributed by atoms with van der Waals surface area (Å²) < 4.78 is 27.6. The van der Waals surface area contributed by atoms with E-state index in [9.17, 15) is 23.1 Å². The number of rotatable bonds is 5. The molecule has 3 N–H and O–H groups in total. The lowest BCUT2D eigenvalue weighted by atomic mass is 9.97. The second-order valence-electron chi connectivity index (χ2n) is 9.62. The van der Waals surface area contributed by atoms with E-state index in [0.717, 1.165) is 18.1 Å². The molecule has 9 nitrogen and oxygen atoms in total. The van der Waals surface area contributed by atoms with Gasteiger partial charge in [-0.3, -0.25) is 9.59 Å². The number of carbonyl (C=O) groups excluding carboxylic acids is 1. The van der Waals surface area contributed by atoms with E-state index in [1.165, 1.54) is 18.3 Å². The summed E-state index contributed by atoms with van der Waals surface area (Å²) in [6.07, 6.45) is 2.16. The summed E-state index contributed by atoms with van der Waals surface area (Å²) >= 11 is 0. The molecule has 0 unspecified atom stereocenters. The Balaban J connectivity index is 1.82. The lowest BCUT2D eigenvalue weighted by molar-refractivity contribution is 0.0981. The Labute approximate surface area is 203 Å². The first kappa shape index (κ1) is 24.5. The van der Waals surface area contributed by atoms with Gasteiger partial charge in [0.2, 0.25) is 0 Å². The highest BCUT2D eigenvalue weighted by Gasteiger charge is 2.39. The van der Waals surface area contributed by atoms with Crippen LogP contribution in [0.5, 0.6) is 5.75 Å². The minimum atomic E-state index is -4.42. The van der Waals surface area contributed by atoms with Gasteiger partial charge in [-0.05, 0) is 69.5 Å². The number of benzene rings is 1. The number of hydrogen-bond acceptors (Lipinski definition) is 7. The number of aryl methyl sites for hydroxylation is 1. The van der Waals surface area contributed by atoms with Gasteiger partial charge in [0, 0.05) is 23.8 Å². The van der Waals surface area contributed by atoms with Crippen molar-refractivity contribution in [2.45, 2.75) is 44.6 Å². The Morgan fingerprint density at radius 3 is 2.63 bits per heavy atom. The monoisotopic (exact) mass is 496 g/mol. The number of aromatic hydroxyl groups is 1. The first-order valence-corrected chi connectivity index (χ1v) is 12.7. The number of phenolic OH excluding ortho intramolecular Hbond substituents is 1. The van der Waals surface area contributed by atoms with Crippen molar-refractivity contribution in [2.75, 3.05) is 11.4 Å². The highest BCUT2D eigenvalue weighted by Crippen LogP contribution is 2.39. The summed E-state index contributed by atoms with van der Waals surface area (Å²) in [5, 5.41) is 10.4. The van der Waals surface area contributed by atoms with Crippen molar-refractivity contribution in [1.82, 2.24) is 14.7 Å². The van der Waals surface area contributed by atoms with Crippen molar-refractivity contribution in [3.63, 3.8) is 0 Å². The molecule has 0 radical (unpaired) electrons. The quantitative estimate of drug-likeness (QED) is 0.494. The number of nitrogens with zero attached hydrogens (tertiary/aromatic N) is 2. The van der Waals surface area contributed by atoms with Gasteiger partial charge in [-0.15, -0.1) is 0 Å². The molecular formula is C25H28N4O5S. The average molecular weight is 497 g/mol. The van der Waals surface area contributed by atoms with Crippen LogP contribution in [0.15, 0.2) is 58.4 Å². The predicted molar refractivity (Wildman–Crippen MR) is 133 cm³/mol. The van der Waals surface area contributed by atoms with E-state index in [-0.39, 0.29) is 16.9 Å². The van der Waals surface area contributed by atoms with E-state index >= 15 is 0 Å². The lowest BCUT2D eigenvalue weighted by Gasteiger charge is -2.34. The van der Waals surface area contributed by atoms with Crippen LogP contribution in [0.2, 0.25) is 0 Å². The molecule has 1 fully saturated rings. The molecule has 1 aliphatic rings. The standard InChI is InChI=1S/C25H28N4O5S/c1-15-7-10-20(30)18(12-15)19-9-8-17(22(27-19)29-14-16(2)13-25(29,3)4)23(31)28-35(33,34)21-6-5-11-26-24(21)32/h5-12,16,30H,13-14H2,1-4H3,(H,26,32)(H,28,31)/t16-/m0/s1. The number of nitrogens with one attached hydrogen (secondary N) is 2. The Kier molecular flexibility index (Phi) is 6.18. The van der Waals surface area contributed by atoms with E-state index in [2.05, 4.69) is 11.9 Å². The molecule has 1 saturated heterocycles. The van der Waals surface area contributed by atoms with Gasteiger partial charge in [-0.1, -0.05) is 18.6 Å².